The fourth-order valence-electron chi connectivity index (χ4n) is 2.97. The largest absolute Gasteiger partial charge is 0.497 e. The summed E-state index contributed by atoms with van der Waals surface area (Å²) in [6, 6.07) is 9.18. The summed E-state index contributed by atoms with van der Waals surface area (Å²) in [6.07, 6.45) is 5.53. The zero-order valence-electron chi connectivity index (χ0n) is 11.7. The number of ether oxygens (including phenoxy) is 2. The molecule has 0 N–H and O–H groups in total. The van der Waals surface area contributed by atoms with Crippen molar-refractivity contribution in [2.75, 3.05) is 26.8 Å². The Hall–Kier alpha value is -1.06. The van der Waals surface area contributed by atoms with E-state index in [1.54, 1.807) is 7.11 Å². The maximum absolute atomic E-state index is 5.91. The van der Waals surface area contributed by atoms with Gasteiger partial charge in [-0.05, 0) is 37.0 Å². The first-order chi connectivity index (χ1) is 9.35. The van der Waals surface area contributed by atoms with Gasteiger partial charge in [0.2, 0.25) is 0 Å². The summed E-state index contributed by atoms with van der Waals surface area (Å²) in [7, 11) is 1.70. The number of hydrogen-bond acceptors (Lipinski definition) is 3. The molecule has 1 saturated heterocycles. The third-order valence-corrected chi connectivity index (χ3v) is 4.38. The second-order valence-electron chi connectivity index (χ2n) is 5.62. The number of nitrogens with zero attached hydrogens (tertiary/aromatic N) is 1. The van der Waals surface area contributed by atoms with Crippen molar-refractivity contribution >= 4 is 0 Å². The highest BCUT2D eigenvalue weighted by Crippen LogP contribution is 2.27. The summed E-state index contributed by atoms with van der Waals surface area (Å²) in [5.41, 5.74) is 1.33. The van der Waals surface area contributed by atoms with Gasteiger partial charge >= 0.3 is 0 Å². The smallest absolute Gasteiger partial charge is 0.118 e. The Labute approximate surface area is 115 Å². The maximum Gasteiger partial charge on any atom is 0.118 e. The molecule has 0 aromatic heterocycles. The minimum absolute atomic E-state index is 0.350. The Balaban J connectivity index is 1.55. The molecular formula is C16H23NO2. The van der Waals surface area contributed by atoms with Crippen LogP contribution in [0.5, 0.6) is 5.75 Å². The van der Waals surface area contributed by atoms with E-state index in [-0.39, 0.29) is 0 Å². The van der Waals surface area contributed by atoms with Crippen molar-refractivity contribution in [3.05, 3.63) is 29.8 Å². The molecule has 1 aromatic rings. The van der Waals surface area contributed by atoms with E-state index in [0.29, 0.717) is 6.10 Å². The molecule has 104 valence electrons. The van der Waals surface area contributed by atoms with Crippen LogP contribution in [0.4, 0.5) is 0 Å². The van der Waals surface area contributed by atoms with Crippen molar-refractivity contribution in [1.29, 1.82) is 0 Å². The minimum Gasteiger partial charge on any atom is -0.497 e. The van der Waals surface area contributed by atoms with Gasteiger partial charge in [-0.1, -0.05) is 18.6 Å². The Morgan fingerprint density at radius 3 is 2.68 bits per heavy atom. The predicted molar refractivity (Wildman–Crippen MR) is 75.7 cm³/mol. The zero-order chi connectivity index (χ0) is 13.1. The third kappa shape index (κ3) is 3.10. The van der Waals surface area contributed by atoms with Gasteiger partial charge in [-0.25, -0.2) is 0 Å². The molecule has 1 aliphatic carbocycles. The second kappa shape index (κ2) is 5.93. The van der Waals surface area contributed by atoms with Crippen LogP contribution in [-0.4, -0.2) is 43.9 Å². The van der Waals surface area contributed by atoms with E-state index >= 15 is 0 Å². The van der Waals surface area contributed by atoms with Gasteiger partial charge in [0, 0.05) is 19.1 Å². The molecule has 1 atom stereocenters. The van der Waals surface area contributed by atoms with E-state index in [2.05, 4.69) is 17.0 Å². The topological polar surface area (TPSA) is 21.7 Å². The van der Waals surface area contributed by atoms with Crippen LogP contribution in [0.3, 0.4) is 0 Å². The van der Waals surface area contributed by atoms with Crippen LogP contribution in [0.2, 0.25) is 0 Å². The van der Waals surface area contributed by atoms with E-state index in [1.807, 2.05) is 12.1 Å². The quantitative estimate of drug-likeness (QED) is 0.831. The summed E-state index contributed by atoms with van der Waals surface area (Å²) in [4.78, 5) is 2.63. The Morgan fingerprint density at radius 2 is 2.05 bits per heavy atom. The van der Waals surface area contributed by atoms with Crippen molar-refractivity contribution in [1.82, 2.24) is 4.90 Å². The third-order valence-electron chi connectivity index (χ3n) is 4.38. The van der Waals surface area contributed by atoms with Crippen LogP contribution in [0.1, 0.15) is 24.8 Å². The zero-order valence-corrected chi connectivity index (χ0v) is 11.7. The van der Waals surface area contributed by atoms with Crippen LogP contribution >= 0.6 is 0 Å². The van der Waals surface area contributed by atoms with Crippen LogP contribution in [0.25, 0.3) is 0 Å². The summed E-state index contributed by atoms with van der Waals surface area (Å²) >= 11 is 0. The van der Waals surface area contributed by atoms with Gasteiger partial charge in [0.1, 0.15) is 5.75 Å². The molecule has 0 spiro atoms. The molecule has 1 heterocycles. The van der Waals surface area contributed by atoms with Gasteiger partial charge in [-0.15, -0.1) is 0 Å². The van der Waals surface area contributed by atoms with Crippen molar-refractivity contribution in [2.45, 2.75) is 37.8 Å². The molecule has 19 heavy (non-hydrogen) atoms. The van der Waals surface area contributed by atoms with Gasteiger partial charge in [0.25, 0.3) is 0 Å². The van der Waals surface area contributed by atoms with Crippen molar-refractivity contribution < 1.29 is 9.47 Å². The molecule has 1 aromatic carbocycles. The van der Waals surface area contributed by atoms with Crippen LogP contribution < -0.4 is 4.74 Å². The molecule has 3 rings (SSSR count). The summed E-state index contributed by atoms with van der Waals surface area (Å²) < 4.78 is 11.1. The first-order valence-corrected chi connectivity index (χ1v) is 7.34. The Bertz CT molecular complexity index is 400. The number of benzene rings is 1. The maximum atomic E-state index is 5.91. The molecule has 0 unspecified atom stereocenters. The van der Waals surface area contributed by atoms with Crippen molar-refractivity contribution in [3.8, 4) is 5.75 Å². The lowest BCUT2D eigenvalue weighted by molar-refractivity contribution is -0.0541. The molecule has 2 fully saturated rings. The lowest BCUT2D eigenvalue weighted by atomic mass is 9.90. The van der Waals surface area contributed by atoms with E-state index in [1.165, 1.54) is 24.8 Å². The van der Waals surface area contributed by atoms with Crippen LogP contribution in [-0.2, 0) is 11.2 Å². The SMILES string of the molecule is COc1ccc(C[C@H]2CN(C3CCC3)CCO2)cc1. The Morgan fingerprint density at radius 1 is 1.26 bits per heavy atom. The minimum atomic E-state index is 0.350. The van der Waals surface area contributed by atoms with E-state index < -0.39 is 0 Å². The lowest BCUT2D eigenvalue weighted by Gasteiger charge is -2.42. The highest BCUT2D eigenvalue weighted by molar-refractivity contribution is 5.27. The monoisotopic (exact) mass is 261 g/mol. The number of rotatable bonds is 4. The molecule has 1 aliphatic heterocycles. The highest BCUT2D eigenvalue weighted by Gasteiger charge is 2.29. The summed E-state index contributed by atoms with van der Waals surface area (Å²) in [5.74, 6) is 0.921. The van der Waals surface area contributed by atoms with E-state index in [0.717, 1.165) is 37.9 Å². The van der Waals surface area contributed by atoms with Gasteiger partial charge in [-0.3, -0.25) is 4.90 Å². The molecular weight excluding hydrogens is 238 g/mol. The van der Waals surface area contributed by atoms with E-state index in [9.17, 15) is 0 Å². The van der Waals surface area contributed by atoms with Crippen LogP contribution in [0.15, 0.2) is 24.3 Å². The molecule has 1 saturated carbocycles. The fraction of sp³-hybridized carbons (Fsp3) is 0.625. The average Bonchev–Trinajstić information content (AvgIpc) is 2.38. The number of hydrogen-bond donors (Lipinski definition) is 0. The van der Waals surface area contributed by atoms with Crippen molar-refractivity contribution in [3.63, 3.8) is 0 Å². The Kier molecular flexibility index (Phi) is 4.04. The van der Waals surface area contributed by atoms with Gasteiger partial charge < -0.3 is 9.47 Å². The van der Waals surface area contributed by atoms with E-state index in [4.69, 9.17) is 9.47 Å². The first-order valence-electron chi connectivity index (χ1n) is 7.34. The normalized spacial score (nSPS) is 25.0. The molecule has 0 radical (unpaired) electrons. The predicted octanol–water partition coefficient (Wildman–Crippen LogP) is 2.49. The molecule has 0 amide bonds. The summed E-state index contributed by atoms with van der Waals surface area (Å²) in [5, 5.41) is 0. The average molecular weight is 261 g/mol. The molecule has 3 nitrogen and oxygen atoms in total. The van der Waals surface area contributed by atoms with Gasteiger partial charge in [0.15, 0.2) is 0 Å². The summed E-state index contributed by atoms with van der Waals surface area (Å²) in [6.45, 7) is 3.10. The second-order valence-corrected chi connectivity index (χ2v) is 5.62. The highest BCUT2D eigenvalue weighted by atomic mass is 16.5. The van der Waals surface area contributed by atoms with Gasteiger partial charge in [-0.2, -0.15) is 0 Å². The first kappa shape index (κ1) is 12.9. The molecule has 3 heteroatoms. The number of methoxy groups -OCH3 is 1. The fourth-order valence-corrected chi connectivity index (χ4v) is 2.97. The lowest BCUT2D eigenvalue weighted by Crippen LogP contribution is -2.50. The molecule has 0 bridgehead atoms. The molecule has 2 aliphatic rings. The number of morpholine rings is 1. The van der Waals surface area contributed by atoms with Gasteiger partial charge in [0.05, 0.1) is 19.8 Å². The van der Waals surface area contributed by atoms with Crippen LogP contribution in [0, 0.1) is 0 Å². The van der Waals surface area contributed by atoms with Crippen molar-refractivity contribution in [2.24, 2.45) is 0 Å². The standard InChI is InChI=1S/C16H23NO2/c1-18-15-7-5-13(6-8-15)11-16-12-17(9-10-19-16)14-3-2-4-14/h5-8,14,16H,2-4,9-12H2,1H3/t16-/m0/s1.